The van der Waals surface area contributed by atoms with E-state index in [-0.39, 0.29) is 16.1 Å². The standard InChI is InChI=1S/C20H17Cl2N3O2S/c1-3-17-19(27)25(15-7-5-4-6-8-15)20(24-13(2)26)28(17,12-23)18-10-9-14(21)11-16(18)22/h4-11,17H,3H2,1-2H3. The summed E-state index contributed by atoms with van der Waals surface area (Å²) >= 11 is 12.5. The predicted octanol–water partition coefficient (Wildman–Crippen LogP) is 5.37. The van der Waals surface area contributed by atoms with Gasteiger partial charge >= 0.3 is 0 Å². The average molecular weight is 434 g/mol. The lowest BCUT2D eigenvalue weighted by Gasteiger charge is -2.33. The number of amidine groups is 1. The highest BCUT2D eigenvalue weighted by atomic mass is 35.5. The van der Waals surface area contributed by atoms with E-state index in [1.54, 1.807) is 36.4 Å². The highest BCUT2D eigenvalue weighted by Gasteiger charge is 2.56. The number of carbonyl (C=O) groups excluding carboxylic acids is 2. The number of benzene rings is 2. The molecule has 5 nitrogen and oxygen atoms in total. The van der Waals surface area contributed by atoms with Gasteiger partial charge in [0, 0.05) is 16.8 Å². The van der Waals surface area contributed by atoms with Crippen molar-refractivity contribution in [3.8, 4) is 5.40 Å². The van der Waals surface area contributed by atoms with Crippen LogP contribution in [0.2, 0.25) is 10.0 Å². The van der Waals surface area contributed by atoms with Crippen molar-refractivity contribution in [3.05, 3.63) is 58.6 Å². The van der Waals surface area contributed by atoms with Crippen molar-refractivity contribution in [3.63, 3.8) is 0 Å². The van der Waals surface area contributed by atoms with Crippen LogP contribution in [-0.4, -0.2) is 22.2 Å². The fourth-order valence-electron chi connectivity index (χ4n) is 3.30. The van der Waals surface area contributed by atoms with Gasteiger partial charge in [-0.05, 0) is 36.8 Å². The number of rotatable bonds is 3. The maximum atomic E-state index is 13.4. The summed E-state index contributed by atoms with van der Waals surface area (Å²) in [6.07, 6.45) is 0.404. The molecule has 144 valence electrons. The number of nitrogens with zero attached hydrogens (tertiary/aromatic N) is 3. The van der Waals surface area contributed by atoms with Gasteiger partial charge in [0.15, 0.2) is 5.17 Å². The third-order valence-corrected chi connectivity index (χ3v) is 8.66. The van der Waals surface area contributed by atoms with Crippen LogP contribution in [-0.2, 0) is 9.59 Å². The molecule has 2 amide bonds. The summed E-state index contributed by atoms with van der Waals surface area (Å²) in [4.78, 5) is 31.4. The molecule has 8 heteroatoms. The van der Waals surface area contributed by atoms with Crippen molar-refractivity contribution >= 4 is 55.9 Å². The molecule has 1 heterocycles. The Hall–Kier alpha value is -2.33. The molecule has 1 aliphatic heterocycles. The van der Waals surface area contributed by atoms with Gasteiger partial charge in [0.25, 0.3) is 0 Å². The van der Waals surface area contributed by atoms with Crippen molar-refractivity contribution in [2.75, 3.05) is 4.90 Å². The summed E-state index contributed by atoms with van der Waals surface area (Å²) in [7, 11) is -2.68. The SMILES string of the molecule is CCC1C(=O)N(c2ccccc2)C(=NC(C)=O)S1(C#N)c1ccc(Cl)cc1Cl. The smallest absolute Gasteiger partial charge is 0.246 e. The molecule has 1 saturated heterocycles. The average Bonchev–Trinajstić information content (AvgIpc) is 2.89. The highest BCUT2D eigenvalue weighted by molar-refractivity contribution is 8.50. The van der Waals surface area contributed by atoms with Gasteiger partial charge in [0.05, 0.1) is 16.0 Å². The molecule has 0 N–H and O–H groups in total. The molecule has 3 rings (SSSR count). The van der Waals surface area contributed by atoms with Crippen LogP contribution in [0, 0.1) is 10.7 Å². The molecule has 2 atom stereocenters. The fourth-order valence-corrected chi connectivity index (χ4v) is 7.45. The maximum absolute atomic E-state index is 13.4. The van der Waals surface area contributed by atoms with E-state index in [1.807, 2.05) is 13.0 Å². The Morgan fingerprint density at radius 3 is 2.46 bits per heavy atom. The zero-order chi connectivity index (χ0) is 20.5. The molecular formula is C20H17Cl2N3O2S. The molecular weight excluding hydrogens is 417 g/mol. The monoisotopic (exact) mass is 433 g/mol. The minimum atomic E-state index is -2.68. The van der Waals surface area contributed by atoms with Crippen molar-refractivity contribution in [2.45, 2.75) is 30.4 Å². The number of para-hydroxylation sites is 1. The van der Waals surface area contributed by atoms with Crippen LogP contribution in [0.5, 0.6) is 0 Å². The molecule has 1 aliphatic rings. The number of thiocyanates is 1. The van der Waals surface area contributed by atoms with E-state index in [1.165, 1.54) is 17.9 Å². The Kier molecular flexibility index (Phi) is 5.80. The number of carbonyl (C=O) groups is 2. The van der Waals surface area contributed by atoms with E-state index in [4.69, 9.17) is 23.2 Å². The Balaban J connectivity index is 2.37. The highest BCUT2D eigenvalue weighted by Crippen LogP contribution is 2.67. The lowest BCUT2D eigenvalue weighted by Crippen LogP contribution is -2.32. The molecule has 2 aromatic rings. The van der Waals surface area contributed by atoms with Crippen LogP contribution >= 0.6 is 33.2 Å². The van der Waals surface area contributed by atoms with Crippen LogP contribution in [0.1, 0.15) is 20.3 Å². The van der Waals surface area contributed by atoms with Crippen molar-refractivity contribution in [1.82, 2.24) is 0 Å². The normalized spacial score (nSPS) is 25.4. The second-order valence-electron chi connectivity index (χ2n) is 6.15. The quantitative estimate of drug-likeness (QED) is 0.610. The van der Waals surface area contributed by atoms with Gasteiger partial charge in [-0.1, -0.05) is 58.4 Å². The van der Waals surface area contributed by atoms with Crippen molar-refractivity contribution in [1.29, 1.82) is 5.26 Å². The van der Waals surface area contributed by atoms with Crippen LogP contribution in [0.25, 0.3) is 0 Å². The molecule has 0 spiro atoms. The number of aliphatic imine (C=N–C) groups is 1. The van der Waals surface area contributed by atoms with Crippen molar-refractivity contribution in [2.24, 2.45) is 4.99 Å². The lowest BCUT2D eigenvalue weighted by molar-refractivity contribution is -0.117. The van der Waals surface area contributed by atoms with Gasteiger partial charge < -0.3 is 0 Å². The number of hydrogen-bond donors (Lipinski definition) is 0. The second kappa shape index (κ2) is 7.96. The van der Waals surface area contributed by atoms with E-state index in [9.17, 15) is 14.9 Å². The number of anilines is 1. The zero-order valence-corrected chi connectivity index (χ0v) is 17.6. The second-order valence-corrected chi connectivity index (χ2v) is 9.86. The number of hydrogen-bond acceptors (Lipinski definition) is 3. The van der Waals surface area contributed by atoms with Gasteiger partial charge in [-0.15, -0.1) is 0 Å². The molecule has 2 unspecified atom stereocenters. The van der Waals surface area contributed by atoms with Crippen LogP contribution < -0.4 is 4.90 Å². The summed E-state index contributed by atoms with van der Waals surface area (Å²) in [5, 5.41) is 12.9. The van der Waals surface area contributed by atoms with Gasteiger partial charge in [-0.2, -0.15) is 10.3 Å². The molecule has 1 fully saturated rings. The minimum absolute atomic E-state index is 0.148. The fraction of sp³-hybridized carbons (Fsp3) is 0.200. The Labute approximate surface area is 174 Å². The Morgan fingerprint density at radius 2 is 1.93 bits per heavy atom. The van der Waals surface area contributed by atoms with Crippen LogP contribution in [0.15, 0.2) is 58.4 Å². The number of nitriles is 1. The first-order valence-corrected chi connectivity index (χ1v) is 11.0. The largest absolute Gasteiger partial charge is 0.273 e. The van der Waals surface area contributed by atoms with Crippen LogP contribution in [0.3, 0.4) is 0 Å². The number of halogens is 2. The lowest BCUT2D eigenvalue weighted by atomic mass is 10.2. The van der Waals surface area contributed by atoms with Crippen LogP contribution in [0.4, 0.5) is 5.69 Å². The topological polar surface area (TPSA) is 73.5 Å². The first-order valence-electron chi connectivity index (χ1n) is 8.53. The summed E-state index contributed by atoms with van der Waals surface area (Å²) in [6, 6.07) is 13.7. The third kappa shape index (κ3) is 3.20. The molecule has 0 radical (unpaired) electrons. The van der Waals surface area contributed by atoms with Gasteiger partial charge in [-0.25, -0.2) is 0 Å². The molecule has 0 aliphatic carbocycles. The van der Waals surface area contributed by atoms with E-state index in [0.29, 0.717) is 22.0 Å². The summed E-state index contributed by atoms with van der Waals surface area (Å²) in [5.41, 5.74) is 0.556. The van der Waals surface area contributed by atoms with E-state index in [2.05, 4.69) is 10.4 Å². The summed E-state index contributed by atoms with van der Waals surface area (Å²) < 4.78 is 0. The Bertz CT molecular complexity index is 1020. The minimum Gasteiger partial charge on any atom is -0.273 e. The maximum Gasteiger partial charge on any atom is 0.246 e. The third-order valence-electron chi connectivity index (χ3n) is 4.42. The number of amides is 2. The van der Waals surface area contributed by atoms with E-state index < -0.39 is 21.2 Å². The summed E-state index contributed by atoms with van der Waals surface area (Å²) in [6.45, 7) is 3.14. The molecule has 0 bridgehead atoms. The predicted molar refractivity (Wildman–Crippen MR) is 114 cm³/mol. The van der Waals surface area contributed by atoms with Crippen molar-refractivity contribution < 1.29 is 9.59 Å². The first kappa shape index (κ1) is 20.4. The van der Waals surface area contributed by atoms with Gasteiger partial charge in [0.2, 0.25) is 11.8 Å². The Morgan fingerprint density at radius 1 is 1.25 bits per heavy atom. The first-order chi connectivity index (χ1) is 13.4. The molecule has 2 aromatic carbocycles. The molecule has 28 heavy (non-hydrogen) atoms. The zero-order valence-electron chi connectivity index (χ0n) is 15.2. The van der Waals surface area contributed by atoms with Gasteiger partial charge in [-0.3, -0.25) is 14.5 Å². The molecule has 0 saturated carbocycles. The molecule has 0 aromatic heterocycles. The van der Waals surface area contributed by atoms with E-state index >= 15 is 0 Å². The summed E-state index contributed by atoms with van der Waals surface area (Å²) in [5.74, 6) is -0.756. The van der Waals surface area contributed by atoms with E-state index in [0.717, 1.165) is 0 Å². The van der Waals surface area contributed by atoms with Gasteiger partial charge in [0.1, 0.15) is 5.40 Å².